The van der Waals surface area contributed by atoms with Crippen molar-refractivity contribution in [3.05, 3.63) is 29.8 Å². The molecule has 0 aliphatic carbocycles. The van der Waals surface area contributed by atoms with Gasteiger partial charge in [0.1, 0.15) is 18.3 Å². The van der Waals surface area contributed by atoms with Gasteiger partial charge < -0.3 is 14.7 Å². The van der Waals surface area contributed by atoms with E-state index in [0.717, 1.165) is 11.3 Å². The van der Waals surface area contributed by atoms with Gasteiger partial charge in [-0.2, -0.15) is 0 Å². The lowest BCUT2D eigenvalue weighted by Crippen LogP contribution is -2.37. The van der Waals surface area contributed by atoms with E-state index in [9.17, 15) is 14.7 Å². The van der Waals surface area contributed by atoms with Gasteiger partial charge in [-0.15, -0.1) is 0 Å². The average Bonchev–Trinajstić information content (AvgIpc) is 3.03. The topological polar surface area (TPSA) is 66.8 Å². The van der Waals surface area contributed by atoms with Crippen LogP contribution < -0.4 is 4.74 Å². The van der Waals surface area contributed by atoms with Crippen LogP contribution in [0, 0.1) is 5.41 Å². The maximum absolute atomic E-state index is 12.6. The summed E-state index contributed by atoms with van der Waals surface area (Å²) in [5.74, 6) is -0.413. The number of carbonyl (C=O) groups excluding carboxylic acids is 1. The van der Waals surface area contributed by atoms with Crippen LogP contribution in [0.4, 0.5) is 0 Å². The molecule has 1 N–H and O–H groups in total. The molecule has 0 bridgehead atoms. The molecular weight excluding hydrogens is 258 g/mol. The fraction of sp³-hybridized carbons (Fsp3) is 0.467. The maximum atomic E-state index is 12.6. The Bertz CT molecular complexity index is 571. The summed E-state index contributed by atoms with van der Waals surface area (Å²) in [4.78, 5) is 25.5. The number of nitrogens with zero attached hydrogens (tertiary/aromatic N) is 1. The van der Waals surface area contributed by atoms with Crippen molar-refractivity contribution < 1.29 is 19.4 Å². The van der Waals surface area contributed by atoms with Crippen LogP contribution in [0.5, 0.6) is 5.75 Å². The predicted octanol–water partition coefficient (Wildman–Crippen LogP) is 1.49. The molecule has 2 atom stereocenters. The van der Waals surface area contributed by atoms with Crippen LogP contribution in [0.3, 0.4) is 0 Å². The minimum Gasteiger partial charge on any atom is -0.492 e. The Morgan fingerprint density at radius 3 is 2.85 bits per heavy atom. The molecule has 1 aromatic carbocycles. The minimum atomic E-state index is -0.837. The second-order valence-electron chi connectivity index (χ2n) is 5.78. The van der Waals surface area contributed by atoms with Crippen LogP contribution >= 0.6 is 0 Å². The van der Waals surface area contributed by atoms with Crippen molar-refractivity contribution in [1.29, 1.82) is 0 Å². The normalized spacial score (nSPS) is 28.1. The zero-order valence-corrected chi connectivity index (χ0v) is 11.3. The second kappa shape index (κ2) is 4.51. The van der Waals surface area contributed by atoms with Crippen molar-refractivity contribution >= 4 is 11.9 Å². The third-order valence-electron chi connectivity index (χ3n) is 4.30. The third-order valence-corrected chi connectivity index (χ3v) is 4.30. The van der Waals surface area contributed by atoms with E-state index in [0.29, 0.717) is 19.6 Å². The standard InChI is InChI=1S/C15H17NO4/c1-15(14(18)19)6-7-16(9-15)13(17)11-8-20-12-5-3-2-4-10(11)12/h2-5,11H,6-9H2,1H3,(H,18,19)/t11-,15+/m1/s1. The molecule has 20 heavy (non-hydrogen) atoms. The molecule has 0 aromatic heterocycles. The van der Waals surface area contributed by atoms with Gasteiger partial charge in [0.15, 0.2) is 0 Å². The molecule has 0 unspecified atom stereocenters. The molecule has 1 saturated heterocycles. The summed E-state index contributed by atoms with van der Waals surface area (Å²) < 4.78 is 5.53. The third kappa shape index (κ3) is 1.94. The van der Waals surface area contributed by atoms with Gasteiger partial charge >= 0.3 is 5.97 Å². The largest absolute Gasteiger partial charge is 0.492 e. The summed E-state index contributed by atoms with van der Waals surface area (Å²) in [5, 5.41) is 9.23. The number of rotatable bonds is 2. The van der Waals surface area contributed by atoms with Crippen LogP contribution in [0.15, 0.2) is 24.3 Å². The first kappa shape index (κ1) is 13.0. The number of benzene rings is 1. The van der Waals surface area contributed by atoms with E-state index in [1.165, 1.54) is 0 Å². The molecular formula is C15H17NO4. The second-order valence-corrected chi connectivity index (χ2v) is 5.78. The number of carboxylic acids is 1. The maximum Gasteiger partial charge on any atom is 0.311 e. The van der Waals surface area contributed by atoms with E-state index in [-0.39, 0.29) is 18.4 Å². The Hall–Kier alpha value is -2.04. The smallest absolute Gasteiger partial charge is 0.311 e. The fourth-order valence-electron chi connectivity index (χ4n) is 2.91. The van der Waals surface area contributed by atoms with Crippen molar-refractivity contribution in [2.75, 3.05) is 19.7 Å². The molecule has 2 aliphatic rings. The van der Waals surface area contributed by atoms with E-state index in [2.05, 4.69) is 0 Å². The van der Waals surface area contributed by atoms with E-state index >= 15 is 0 Å². The molecule has 3 rings (SSSR count). The van der Waals surface area contributed by atoms with Crippen LogP contribution in [-0.4, -0.2) is 41.6 Å². The average molecular weight is 275 g/mol. The highest BCUT2D eigenvalue weighted by atomic mass is 16.5. The summed E-state index contributed by atoms with van der Waals surface area (Å²) in [6.07, 6.45) is 0.503. The number of ether oxygens (including phenoxy) is 1. The Labute approximate surface area is 117 Å². The number of para-hydroxylation sites is 1. The molecule has 1 amide bonds. The summed E-state index contributed by atoms with van der Waals surface area (Å²) in [7, 11) is 0. The lowest BCUT2D eigenvalue weighted by molar-refractivity contribution is -0.147. The van der Waals surface area contributed by atoms with Gasteiger partial charge in [0, 0.05) is 18.7 Å². The highest BCUT2D eigenvalue weighted by molar-refractivity contribution is 5.87. The van der Waals surface area contributed by atoms with Gasteiger partial charge in [0.05, 0.1) is 5.41 Å². The minimum absolute atomic E-state index is 0.0278. The van der Waals surface area contributed by atoms with Crippen molar-refractivity contribution in [2.45, 2.75) is 19.3 Å². The first-order valence-electron chi connectivity index (χ1n) is 6.75. The molecule has 5 heteroatoms. The first-order valence-corrected chi connectivity index (χ1v) is 6.75. The molecule has 2 heterocycles. The van der Waals surface area contributed by atoms with Crippen LogP contribution in [-0.2, 0) is 9.59 Å². The molecule has 1 fully saturated rings. The number of aliphatic carboxylic acids is 1. The van der Waals surface area contributed by atoms with Gasteiger partial charge in [-0.1, -0.05) is 18.2 Å². The predicted molar refractivity (Wildman–Crippen MR) is 71.6 cm³/mol. The Morgan fingerprint density at radius 2 is 2.15 bits per heavy atom. The Kier molecular flexibility index (Phi) is 2.92. The SMILES string of the molecule is C[C@]1(C(=O)O)CCN(C(=O)[C@@H]2COc3ccccc32)C1. The zero-order valence-electron chi connectivity index (χ0n) is 11.3. The van der Waals surface area contributed by atoms with E-state index in [1.807, 2.05) is 24.3 Å². The molecule has 0 radical (unpaired) electrons. The highest BCUT2D eigenvalue weighted by Crippen LogP contribution is 2.37. The summed E-state index contributed by atoms with van der Waals surface area (Å²) in [6.45, 7) is 2.82. The van der Waals surface area contributed by atoms with Crippen LogP contribution in [0.25, 0.3) is 0 Å². The number of carboxylic acid groups (broad SMARTS) is 1. The lowest BCUT2D eigenvalue weighted by atomic mass is 9.90. The van der Waals surface area contributed by atoms with Gasteiger partial charge in [0.2, 0.25) is 5.91 Å². The van der Waals surface area contributed by atoms with Crippen molar-refractivity contribution in [1.82, 2.24) is 4.90 Å². The monoisotopic (exact) mass is 275 g/mol. The molecule has 1 aromatic rings. The molecule has 0 saturated carbocycles. The summed E-state index contributed by atoms with van der Waals surface area (Å²) >= 11 is 0. The van der Waals surface area contributed by atoms with E-state index in [1.54, 1.807) is 11.8 Å². The molecule has 0 spiro atoms. The molecule has 2 aliphatic heterocycles. The first-order chi connectivity index (χ1) is 9.51. The number of amides is 1. The van der Waals surface area contributed by atoms with Gasteiger partial charge in [0.25, 0.3) is 0 Å². The lowest BCUT2D eigenvalue weighted by Gasteiger charge is -2.22. The molecule has 5 nitrogen and oxygen atoms in total. The van der Waals surface area contributed by atoms with Crippen LogP contribution in [0.2, 0.25) is 0 Å². The van der Waals surface area contributed by atoms with Crippen molar-refractivity contribution in [3.8, 4) is 5.75 Å². The summed E-state index contributed by atoms with van der Waals surface area (Å²) in [6, 6.07) is 7.52. The van der Waals surface area contributed by atoms with E-state index < -0.39 is 11.4 Å². The van der Waals surface area contributed by atoms with E-state index in [4.69, 9.17) is 4.74 Å². The van der Waals surface area contributed by atoms with Crippen LogP contribution in [0.1, 0.15) is 24.8 Å². The Balaban J connectivity index is 1.77. The number of hydrogen-bond acceptors (Lipinski definition) is 3. The van der Waals surface area contributed by atoms with Gasteiger partial charge in [-0.25, -0.2) is 0 Å². The van der Waals surface area contributed by atoms with Crippen molar-refractivity contribution in [3.63, 3.8) is 0 Å². The zero-order chi connectivity index (χ0) is 14.3. The Morgan fingerprint density at radius 1 is 1.40 bits per heavy atom. The number of hydrogen-bond donors (Lipinski definition) is 1. The summed E-state index contributed by atoms with van der Waals surface area (Å²) in [5.41, 5.74) is 0.0793. The number of carbonyl (C=O) groups is 2. The highest BCUT2D eigenvalue weighted by Gasteiger charge is 2.44. The number of fused-ring (bicyclic) bond motifs is 1. The van der Waals surface area contributed by atoms with Gasteiger partial charge in [-0.05, 0) is 19.4 Å². The van der Waals surface area contributed by atoms with Gasteiger partial charge in [-0.3, -0.25) is 9.59 Å². The molecule has 106 valence electrons. The van der Waals surface area contributed by atoms with Crippen molar-refractivity contribution in [2.24, 2.45) is 5.41 Å². The fourth-order valence-corrected chi connectivity index (χ4v) is 2.91. The quantitative estimate of drug-likeness (QED) is 0.888. The number of likely N-dealkylation sites (tertiary alicyclic amines) is 1.